The van der Waals surface area contributed by atoms with Crippen molar-refractivity contribution in [2.75, 3.05) is 0 Å². The fraction of sp³-hybridized carbons (Fsp3) is 0. The van der Waals surface area contributed by atoms with Gasteiger partial charge in [-0.3, -0.25) is 14.4 Å². The number of rotatable bonds is 3. The highest BCUT2D eigenvalue weighted by atomic mass is 16.3. The van der Waals surface area contributed by atoms with Crippen molar-refractivity contribution in [1.29, 1.82) is 0 Å². The Hall–Kier alpha value is -3.87. The van der Waals surface area contributed by atoms with Crippen LogP contribution >= 0.6 is 0 Å². The topological polar surface area (TPSA) is 150 Å². The quantitative estimate of drug-likeness (QED) is 0.416. The molecule has 0 spiro atoms. The molecule has 0 saturated carbocycles. The number of nitrogens with two attached hydrogens (primary N) is 3. The predicted molar refractivity (Wildman–Crippen MR) is 97.4 cm³/mol. The highest BCUT2D eigenvalue weighted by Gasteiger charge is 2.22. The summed E-state index contributed by atoms with van der Waals surface area (Å²) in [7, 11) is 0. The first-order valence-corrected chi connectivity index (χ1v) is 7.68. The van der Waals surface area contributed by atoms with Crippen molar-refractivity contribution in [3.05, 3.63) is 53.1 Å². The van der Waals surface area contributed by atoms with Crippen LogP contribution in [0.1, 0.15) is 31.1 Å². The van der Waals surface area contributed by atoms with Gasteiger partial charge >= 0.3 is 0 Å². The molecule has 0 aliphatic rings. The van der Waals surface area contributed by atoms with Gasteiger partial charge in [0.1, 0.15) is 5.75 Å². The van der Waals surface area contributed by atoms with Crippen LogP contribution in [0.2, 0.25) is 0 Å². The van der Waals surface area contributed by atoms with Crippen LogP contribution in [0.3, 0.4) is 0 Å². The van der Waals surface area contributed by atoms with Gasteiger partial charge in [0.2, 0.25) is 17.7 Å². The fourth-order valence-corrected chi connectivity index (χ4v) is 3.59. The Morgan fingerprint density at radius 1 is 0.615 bits per heavy atom. The standard InChI is InChI=1S/C19H13N3O4/c20-17(24)11-5-12(18(21)25)8-3-4-10-14(23)6-13(19(22)26)9-2-1-7(11)15(8)16(9)10/h1-6,23H,(H2,20,24)(H2,21,25)(H2,22,26). The van der Waals surface area contributed by atoms with Gasteiger partial charge in [-0.05, 0) is 39.7 Å². The molecular weight excluding hydrogens is 334 g/mol. The molecule has 0 bridgehead atoms. The van der Waals surface area contributed by atoms with Crippen LogP contribution in [-0.2, 0) is 0 Å². The summed E-state index contributed by atoms with van der Waals surface area (Å²) in [5, 5.41) is 13.3. The van der Waals surface area contributed by atoms with Crippen molar-refractivity contribution in [2.24, 2.45) is 17.2 Å². The molecule has 0 heterocycles. The van der Waals surface area contributed by atoms with Gasteiger partial charge < -0.3 is 22.3 Å². The molecule has 7 N–H and O–H groups in total. The van der Waals surface area contributed by atoms with E-state index in [2.05, 4.69) is 0 Å². The van der Waals surface area contributed by atoms with E-state index < -0.39 is 17.7 Å². The molecule has 0 aliphatic heterocycles. The average molecular weight is 347 g/mol. The lowest BCUT2D eigenvalue weighted by Crippen LogP contribution is -2.17. The Labute approximate surface area is 146 Å². The predicted octanol–water partition coefficient (Wildman–Crippen LogP) is 1.59. The number of carbonyl (C=O) groups excluding carboxylic acids is 3. The van der Waals surface area contributed by atoms with Crippen LogP contribution in [0.25, 0.3) is 32.3 Å². The highest BCUT2D eigenvalue weighted by Crippen LogP contribution is 2.42. The van der Waals surface area contributed by atoms with Crippen molar-refractivity contribution in [3.8, 4) is 5.75 Å². The lowest BCUT2D eigenvalue weighted by molar-refractivity contribution is 0.0990. The maximum atomic E-state index is 11.9. The van der Waals surface area contributed by atoms with Crippen molar-refractivity contribution in [1.82, 2.24) is 0 Å². The summed E-state index contributed by atoms with van der Waals surface area (Å²) >= 11 is 0. The maximum absolute atomic E-state index is 11.9. The lowest BCUT2D eigenvalue weighted by Gasteiger charge is -2.17. The van der Waals surface area contributed by atoms with Gasteiger partial charge in [0.25, 0.3) is 0 Å². The lowest BCUT2D eigenvalue weighted by atomic mass is 9.87. The molecule has 0 unspecified atom stereocenters. The summed E-state index contributed by atoms with van der Waals surface area (Å²) in [5.41, 5.74) is 16.8. The molecule has 0 fully saturated rings. The SMILES string of the molecule is NC(=O)c1cc(O)c2ccc3c(C(N)=O)cc(C(N)=O)c4ccc1c2c34. The van der Waals surface area contributed by atoms with Crippen LogP contribution in [0.15, 0.2) is 36.4 Å². The van der Waals surface area contributed by atoms with Gasteiger partial charge in [0.05, 0.1) is 5.56 Å². The first-order chi connectivity index (χ1) is 12.3. The summed E-state index contributed by atoms with van der Waals surface area (Å²) in [5.74, 6) is -2.27. The van der Waals surface area contributed by atoms with Crippen molar-refractivity contribution in [2.45, 2.75) is 0 Å². The molecule has 0 atom stereocenters. The number of phenols is 1. The number of primary amides is 3. The minimum atomic E-state index is -0.718. The van der Waals surface area contributed by atoms with E-state index in [0.717, 1.165) is 0 Å². The third kappa shape index (κ3) is 1.91. The molecule has 4 rings (SSSR count). The summed E-state index contributed by atoms with van der Waals surface area (Å²) in [6.45, 7) is 0. The van der Waals surface area contributed by atoms with Crippen LogP contribution in [0, 0.1) is 0 Å². The smallest absolute Gasteiger partial charge is 0.249 e. The number of benzene rings is 4. The van der Waals surface area contributed by atoms with E-state index in [0.29, 0.717) is 32.3 Å². The van der Waals surface area contributed by atoms with E-state index >= 15 is 0 Å². The van der Waals surface area contributed by atoms with Gasteiger partial charge in [0.15, 0.2) is 0 Å². The van der Waals surface area contributed by atoms with E-state index in [1.165, 1.54) is 12.1 Å². The molecule has 0 aromatic heterocycles. The maximum Gasteiger partial charge on any atom is 0.249 e. The number of aromatic hydroxyl groups is 1. The minimum absolute atomic E-state index is 0.129. The Bertz CT molecular complexity index is 1240. The van der Waals surface area contributed by atoms with Gasteiger partial charge in [0, 0.05) is 21.9 Å². The number of carbonyl (C=O) groups is 3. The summed E-state index contributed by atoms with van der Waals surface area (Å²) in [4.78, 5) is 35.6. The van der Waals surface area contributed by atoms with Gasteiger partial charge in [-0.15, -0.1) is 0 Å². The number of hydrogen-bond acceptors (Lipinski definition) is 4. The number of hydrogen-bond donors (Lipinski definition) is 4. The zero-order chi connectivity index (χ0) is 18.7. The second-order valence-corrected chi connectivity index (χ2v) is 6.08. The molecule has 3 amide bonds. The average Bonchev–Trinajstić information content (AvgIpc) is 2.59. The van der Waals surface area contributed by atoms with E-state index in [9.17, 15) is 19.5 Å². The second kappa shape index (κ2) is 5.06. The van der Waals surface area contributed by atoms with Crippen LogP contribution < -0.4 is 17.2 Å². The fourth-order valence-electron chi connectivity index (χ4n) is 3.59. The first-order valence-electron chi connectivity index (χ1n) is 7.68. The van der Waals surface area contributed by atoms with Gasteiger partial charge in [-0.2, -0.15) is 0 Å². The molecule has 0 saturated heterocycles. The third-order valence-corrected chi connectivity index (χ3v) is 4.67. The van der Waals surface area contributed by atoms with E-state index in [1.54, 1.807) is 24.3 Å². The Balaban J connectivity index is 2.39. The summed E-state index contributed by atoms with van der Waals surface area (Å²) in [6, 6.07) is 9.20. The van der Waals surface area contributed by atoms with E-state index in [-0.39, 0.29) is 22.4 Å². The molecular formula is C19H13N3O4. The summed E-state index contributed by atoms with van der Waals surface area (Å²) in [6.07, 6.45) is 0. The highest BCUT2D eigenvalue weighted by molar-refractivity contribution is 6.32. The molecule has 7 heteroatoms. The van der Waals surface area contributed by atoms with Crippen molar-refractivity contribution >= 4 is 50.0 Å². The summed E-state index contributed by atoms with van der Waals surface area (Å²) < 4.78 is 0. The monoisotopic (exact) mass is 347 g/mol. The first kappa shape index (κ1) is 15.6. The molecule has 0 aliphatic carbocycles. The van der Waals surface area contributed by atoms with Crippen molar-refractivity contribution < 1.29 is 19.5 Å². The molecule has 128 valence electrons. The van der Waals surface area contributed by atoms with Crippen LogP contribution in [-0.4, -0.2) is 22.8 Å². The Kier molecular flexibility index (Phi) is 3.05. The Morgan fingerprint density at radius 2 is 0.962 bits per heavy atom. The van der Waals surface area contributed by atoms with E-state index in [1.807, 2.05) is 0 Å². The van der Waals surface area contributed by atoms with Crippen LogP contribution in [0.4, 0.5) is 0 Å². The van der Waals surface area contributed by atoms with Crippen LogP contribution in [0.5, 0.6) is 5.75 Å². The van der Waals surface area contributed by atoms with E-state index in [4.69, 9.17) is 17.2 Å². The largest absolute Gasteiger partial charge is 0.507 e. The molecule has 0 radical (unpaired) electrons. The minimum Gasteiger partial charge on any atom is -0.507 e. The molecule has 4 aromatic carbocycles. The molecule has 26 heavy (non-hydrogen) atoms. The number of amides is 3. The zero-order valence-electron chi connectivity index (χ0n) is 13.4. The van der Waals surface area contributed by atoms with Gasteiger partial charge in [-0.25, -0.2) is 0 Å². The zero-order valence-corrected chi connectivity index (χ0v) is 13.4. The molecule has 4 aromatic rings. The normalized spacial score (nSPS) is 11.4. The third-order valence-electron chi connectivity index (χ3n) is 4.67. The molecule has 7 nitrogen and oxygen atoms in total. The number of phenolic OH excluding ortho intramolecular Hbond substituents is 1. The second-order valence-electron chi connectivity index (χ2n) is 6.08. The Morgan fingerprint density at radius 3 is 1.38 bits per heavy atom. The van der Waals surface area contributed by atoms with Gasteiger partial charge in [-0.1, -0.05) is 18.2 Å². The van der Waals surface area contributed by atoms with Crippen molar-refractivity contribution in [3.63, 3.8) is 0 Å².